The van der Waals surface area contributed by atoms with E-state index in [-0.39, 0.29) is 57.2 Å². The molecule has 60 heavy (non-hydrogen) atoms. The Morgan fingerprint density at radius 2 is 1.23 bits per heavy atom. The van der Waals surface area contributed by atoms with Crippen LogP contribution in [0.3, 0.4) is 0 Å². The minimum atomic E-state index is -5.05. The number of nitrogens with zero attached hydrogens (tertiary/aromatic N) is 1. The highest BCUT2D eigenvalue weighted by Crippen LogP contribution is 2.48. The number of nitrogens with one attached hydrogen (secondary N) is 1. The first-order valence-electron chi connectivity index (χ1n) is 20.3. The lowest BCUT2D eigenvalue weighted by atomic mass is 9.79. The van der Waals surface area contributed by atoms with Gasteiger partial charge in [0.05, 0.1) is 17.2 Å². The van der Waals surface area contributed by atoms with Gasteiger partial charge < -0.3 is 15.5 Å². The third-order valence-corrected chi connectivity index (χ3v) is 11.7. The number of aromatic hydroxyl groups is 2. The molecule has 7 rings (SSSR count). The summed E-state index contributed by atoms with van der Waals surface area (Å²) >= 11 is 0. The number of phenolic OH excluding ortho intramolecular Hbond substituents is 2. The Balaban J connectivity index is 1.33. The maximum atomic E-state index is 14.2. The molecule has 1 aliphatic carbocycles. The minimum absolute atomic E-state index is 0.0405. The van der Waals surface area contributed by atoms with Gasteiger partial charge in [0.2, 0.25) is 0 Å². The standard InChI is InChI=1S/C50H50F6N2O2/c1-47(2,3)34-24-33(45(59)40(26-34)48(4,5)6)28-58-42-18-12-11-17-41(42)57-27-32-21-30-14-8-10-16-38(30)44(46(32)60)43-37-15-9-7-13-29(37)19-20-39(43)31-22-35(49(51,52)53)25-36(23-31)50(54,55)56/h7-10,13-16,19-27,41-42,58-60H,11-12,17-18,28H2,1-6H3/t41-,42-/m1/s1. The molecule has 0 saturated heterocycles. The zero-order chi connectivity index (χ0) is 43.4. The topological polar surface area (TPSA) is 64.9 Å². The molecule has 3 N–H and O–H groups in total. The minimum Gasteiger partial charge on any atom is -0.507 e. The summed E-state index contributed by atoms with van der Waals surface area (Å²) in [6.45, 7) is 13.1. The van der Waals surface area contributed by atoms with Crippen molar-refractivity contribution < 1.29 is 36.6 Å². The molecule has 0 unspecified atom stereocenters. The van der Waals surface area contributed by atoms with Crippen molar-refractivity contribution in [3.8, 4) is 33.8 Å². The number of phenols is 2. The van der Waals surface area contributed by atoms with Crippen molar-refractivity contribution in [2.45, 2.75) is 109 Å². The van der Waals surface area contributed by atoms with Crippen LogP contribution in [0.5, 0.6) is 11.5 Å². The second-order valence-electron chi connectivity index (χ2n) is 18.1. The van der Waals surface area contributed by atoms with Gasteiger partial charge in [0, 0.05) is 41.1 Å². The highest BCUT2D eigenvalue weighted by Gasteiger charge is 2.37. The summed E-state index contributed by atoms with van der Waals surface area (Å²) in [6, 6.07) is 24.8. The van der Waals surface area contributed by atoms with E-state index in [0.717, 1.165) is 54.5 Å². The smallest absolute Gasteiger partial charge is 0.416 e. The zero-order valence-electron chi connectivity index (χ0n) is 34.6. The summed E-state index contributed by atoms with van der Waals surface area (Å²) in [5, 5.41) is 29.9. The summed E-state index contributed by atoms with van der Waals surface area (Å²) in [6.07, 6.45) is -4.90. The Morgan fingerprint density at radius 3 is 1.85 bits per heavy atom. The Morgan fingerprint density at radius 1 is 0.633 bits per heavy atom. The molecule has 1 saturated carbocycles. The molecule has 1 fully saturated rings. The monoisotopic (exact) mass is 824 g/mol. The van der Waals surface area contributed by atoms with Crippen LogP contribution in [0, 0.1) is 0 Å². The highest BCUT2D eigenvalue weighted by atomic mass is 19.4. The zero-order valence-corrected chi connectivity index (χ0v) is 34.6. The number of benzene rings is 6. The maximum absolute atomic E-state index is 14.2. The average Bonchev–Trinajstić information content (AvgIpc) is 3.18. The van der Waals surface area contributed by atoms with Crippen molar-refractivity contribution in [3.63, 3.8) is 0 Å². The molecule has 314 valence electrons. The Hall–Kier alpha value is -5.35. The van der Waals surface area contributed by atoms with Crippen molar-refractivity contribution >= 4 is 27.8 Å². The van der Waals surface area contributed by atoms with E-state index in [1.807, 2.05) is 12.1 Å². The van der Waals surface area contributed by atoms with Crippen LogP contribution in [0.2, 0.25) is 0 Å². The number of halogens is 6. The van der Waals surface area contributed by atoms with Crippen LogP contribution in [0.4, 0.5) is 26.3 Å². The average molecular weight is 825 g/mol. The third-order valence-electron chi connectivity index (χ3n) is 11.7. The van der Waals surface area contributed by atoms with Crippen molar-refractivity contribution in [2.24, 2.45) is 4.99 Å². The fourth-order valence-corrected chi connectivity index (χ4v) is 8.38. The van der Waals surface area contributed by atoms with Gasteiger partial charge in [0.25, 0.3) is 0 Å². The first kappa shape index (κ1) is 42.8. The van der Waals surface area contributed by atoms with Gasteiger partial charge >= 0.3 is 12.4 Å². The van der Waals surface area contributed by atoms with E-state index in [1.165, 1.54) is 6.07 Å². The first-order chi connectivity index (χ1) is 28.1. The second-order valence-corrected chi connectivity index (χ2v) is 18.1. The second kappa shape index (κ2) is 15.9. The molecule has 4 nitrogen and oxygen atoms in total. The molecular weight excluding hydrogens is 775 g/mol. The molecule has 0 spiro atoms. The van der Waals surface area contributed by atoms with Gasteiger partial charge in [-0.05, 0) is 91.7 Å². The largest absolute Gasteiger partial charge is 0.507 e. The van der Waals surface area contributed by atoms with Crippen LogP contribution < -0.4 is 5.32 Å². The number of alkyl halides is 6. The number of rotatable bonds is 7. The van der Waals surface area contributed by atoms with Crippen LogP contribution in [-0.4, -0.2) is 28.5 Å². The van der Waals surface area contributed by atoms with Gasteiger partial charge in [0.1, 0.15) is 11.5 Å². The predicted octanol–water partition coefficient (Wildman–Crippen LogP) is 13.9. The van der Waals surface area contributed by atoms with E-state index in [4.69, 9.17) is 4.99 Å². The fourth-order valence-electron chi connectivity index (χ4n) is 8.38. The van der Waals surface area contributed by atoms with Gasteiger partial charge in [-0.2, -0.15) is 26.3 Å². The first-order valence-corrected chi connectivity index (χ1v) is 20.3. The molecule has 0 radical (unpaired) electrons. The van der Waals surface area contributed by atoms with Gasteiger partial charge in [0.15, 0.2) is 0 Å². The van der Waals surface area contributed by atoms with Crippen LogP contribution >= 0.6 is 0 Å². The summed E-state index contributed by atoms with van der Waals surface area (Å²) in [4.78, 5) is 5.05. The lowest BCUT2D eigenvalue weighted by molar-refractivity contribution is -0.143. The predicted molar refractivity (Wildman–Crippen MR) is 230 cm³/mol. The number of aliphatic imine (C=N–C) groups is 1. The van der Waals surface area contributed by atoms with E-state index in [2.05, 4.69) is 59.0 Å². The van der Waals surface area contributed by atoms with Crippen molar-refractivity contribution in [2.75, 3.05) is 0 Å². The van der Waals surface area contributed by atoms with Crippen molar-refractivity contribution in [1.29, 1.82) is 0 Å². The molecule has 0 bridgehead atoms. The quantitative estimate of drug-likeness (QED) is 0.111. The van der Waals surface area contributed by atoms with Gasteiger partial charge in [-0.25, -0.2) is 0 Å². The summed E-state index contributed by atoms with van der Waals surface area (Å²) < 4.78 is 84.9. The number of hydrogen-bond donors (Lipinski definition) is 3. The molecule has 2 atom stereocenters. The highest BCUT2D eigenvalue weighted by molar-refractivity contribution is 6.14. The molecule has 0 aliphatic heterocycles. The number of hydrogen-bond acceptors (Lipinski definition) is 4. The molecule has 1 aliphatic rings. The van der Waals surface area contributed by atoms with Gasteiger partial charge in [-0.1, -0.05) is 127 Å². The van der Waals surface area contributed by atoms with E-state index in [0.29, 0.717) is 39.2 Å². The number of fused-ring (bicyclic) bond motifs is 2. The molecule has 0 amide bonds. The van der Waals surface area contributed by atoms with E-state index in [1.54, 1.807) is 54.7 Å². The summed E-state index contributed by atoms with van der Waals surface area (Å²) in [5.74, 6) is 0.0806. The molecule has 6 aromatic carbocycles. The molecule has 6 aromatic rings. The molecule has 10 heteroatoms. The van der Waals surface area contributed by atoms with Gasteiger partial charge in [-0.15, -0.1) is 0 Å². The Labute approximate surface area is 347 Å². The summed E-state index contributed by atoms with van der Waals surface area (Å²) in [7, 11) is 0. The van der Waals surface area contributed by atoms with Crippen LogP contribution in [0.25, 0.3) is 43.8 Å². The Kier molecular flexibility index (Phi) is 11.3. The van der Waals surface area contributed by atoms with Gasteiger partial charge in [-0.3, -0.25) is 4.99 Å². The van der Waals surface area contributed by atoms with Crippen molar-refractivity contribution in [1.82, 2.24) is 5.32 Å². The SMILES string of the molecule is CC(C)(C)c1cc(CN[C@@H]2CCCC[C@H]2N=Cc2cc3ccccc3c(-c3c(-c4cc(C(F)(F)F)cc(C(F)(F)F)c4)ccc4ccccc34)c2O)c(O)c(C(C)(C)C)c1. The molecule has 0 heterocycles. The molecule has 0 aromatic heterocycles. The lowest BCUT2D eigenvalue weighted by Crippen LogP contribution is -2.41. The normalized spacial score (nSPS) is 16.9. The lowest BCUT2D eigenvalue weighted by Gasteiger charge is -2.31. The van der Waals surface area contributed by atoms with Crippen molar-refractivity contribution in [3.05, 3.63) is 130 Å². The summed E-state index contributed by atoms with van der Waals surface area (Å²) in [5.41, 5.74) is 0.313. The van der Waals surface area contributed by atoms with Crippen LogP contribution in [0.15, 0.2) is 102 Å². The third kappa shape index (κ3) is 8.76. The molecular formula is C50H50F6N2O2. The van der Waals surface area contributed by atoms with Crippen LogP contribution in [-0.2, 0) is 29.7 Å². The van der Waals surface area contributed by atoms with E-state index in [9.17, 15) is 36.6 Å². The van der Waals surface area contributed by atoms with E-state index < -0.39 is 23.5 Å². The van der Waals surface area contributed by atoms with E-state index >= 15 is 0 Å². The Bertz CT molecular complexity index is 2560. The maximum Gasteiger partial charge on any atom is 0.416 e. The fraction of sp³-hybridized carbons (Fsp3) is 0.340. The van der Waals surface area contributed by atoms with Crippen LogP contribution in [0.1, 0.15) is 101 Å².